The first-order chi connectivity index (χ1) is 6.69. The molecule has 1 rings (SSSR count). The smallest absolute Gasteiger partial charge is 0.124 e. The second-order valence-corrected chi connectivity index (χ2v) is 3.89. The molecule has 1 N–H and O–H groups in total. The van der Waals surface area contributed by atoms with E-state index in [1.165, 1.54) is 12.1 Å². The van der Waals surface area contributed by atoms with Crippen molar-refractivity contribution in [2.24, 2.45) is 0 Å². The van der Waals surface area contributed by atoms with Crippen molar-refractivity contribution in [3.63, 3.8) is 0 Å². The first kappa shape index (κ1) is 11.4. The zero-order valence-electron chi connectivity index (χ0n) is 8.06. The van der Waals surface area contributed by atoms with Crippen molar-refractivity contribution < 1.29 is 4.39 Å². The summed E-state index contributed by atoms with van der Waals surface area (Å²) in [6.07, 6.45) is 2.66. The minimum Gasteiger partial charge on any atom is -0.313 e. The molecule has 0 heterocycles. The molecule has 1 unspecified atom stereocenters. The molecule has 76 valence electrons. The maximum atomic E-state index is 12.8. The van der Waals surface area contributed by atoms with Crippen molar-refractivity contribution >= 4 is 15.9 Å². The van der Waals surface area contributed by atoms with E-state index in [0.717, 1.165) is 16.5 Å². The summed E-state index contributed by atoms with van der Waals surface area (Å²) in [5.74, 6) is -0.228. The molecule has 0 aliphatic heterocycles. The number of halogens is 2. The highest BCUT2D eigenvalue weighted by Gasteiger charge is 2.10. The Hall–Kier alpha value is -0.670. The Morgan fingerprint density at radius 1 is 1.64 bits per heavy atom. The van der Waals surface area contributed by atoms with Crippen LogP contribution >= 0.6 is 15.9 Å². The van der Waals surface area contributed by atoms with Gasteiger partial charge in [-0.05, 0) is 31.2 Å². The summed E-state index contributed by atoms with van der Waals surface area (Å²) in [5, 5.41) is 3.16. The molecule has 0 amide bonds. The fraction of sp³-hybridized carbons (Fsp3) is 0.273. The van der Waals surface area contributed by atoms with Gasteiger partial charge in [-0.2, -0.15) is 0 Å². The number of rotatable bonds is 4. The molecular weight excluding hydrogens is 245 g/mol. The van der Waals surface area contributed by atoms with Crippen molar-refractivity contribution in [3.8, 4) is 0 Å². The Labute approximate surface area is 92.1 Å². The Morgan fingerprint density at radius 3 is 2.86 bits per heavy atom. The van der Waals surface area contributed by atoms with Crippen LogP contribution in [0.15, 0.2) is 35.3 Å². The monoisotopic (exact) mass is 257 g/mol. The summed E-state index contributed by atoms with van der Waals surface area (Å²) in [4.78, 5) is 0. The van der Waals surface area contributed by atoms with Crippen molar-refractivity contribution in [1.29, 1.82) is 0 Å². The van der Waals surface area contributed by atoms with Crippen molar-refractivity contribution in [2.75, 3.05) is 7.05 Å². The molecule has 0 aromatic heterocycles. The van der Waals surface area contributed by atoms with Gasteiger partial charge in [-0.15, -0.1) is 6.58 Å². The summed E-state index contributed by atoms with van der Waals surface area (Å²) in [6.45, 7) is 3.69. The summed E-state index contributed by atoms with van der Waals surface area (Å²) in [7, 11) is 1.88. The van der Waals surface area contributed by atoms with Gasteiger partial charge in [0.1, 0.15) is 5.82 Å². The normalized spacial score (nSPS) is 12.5. The van der Waals surface area contributed by atoms with Gasteiger partial charge in [0.2, 0.25) is 0 Å². The van der Waals surface area contributed by atoms with E-state index in [2.05, 4.69) is 27.8 Å². The molecule has 0 saturated heterocycles. The average Bonchev–Trinajstić information content (AvgIpc) is 2.15. The molecule has 1 aromatic carbocycles. The average molecular weight is 258 g/mol. The fourth-order valence-electron chi connectivity index (χ4n) is 1.35. The number of benzene rings is 1. The van der Waals surface area contributed by atoms with Crippen molar-refractivity contribution in [3.05, 3.63) is 46.7 Å². The van der Waals surface area contributed by atoms with Gasteiger partial charge >= 0.3 is 0 Å². The first-order valence-corrected chi connectivity index (χ1v) is 5.21. The van der Waals surface area contributed by atoms with Crippen LogP contribution in [0, 0.1) is 5.82 Å². The summed E-state index contributed by atoms with van der Waals surface area (Å²) < 4.78 is 13.6. The number of hydrogen-bond acceptors (Lipinski definition) is 1. The van der Waals surface area contributed by atoms with Gasteiger partial charge in [-0.25, -0.2) is 4.39 Å². The number of hydrogen-bond donors (Lipinski definition) is 1. The Morgan fingerprint density at radius 2 is 2.36 bits per heavy atom. The molecule has 0 bridgehead atoms. The third-order valence-corrected chi connectivity index (χ3v) is 2.78. The molecule has 0 radical (unpaired) electrons. The minimum absolute atomic E-state index is 0.183. The lowest BCUT2D eigenvalue weighted by Crippen LogP contribution is -2.16. The van der Waals surface area contributed by atoms with E-state index >= 15 is 0 Å². The highest BCUT2D eigenvalue weighted by atomic mass is 79.9. The molecule has 0 fully saturated rings. The number of nitrogens with one attached hydrogen (secondary N) is 1. The predicted octanol–water partition coefficient (Wildman–Crippen LogP) is 3.42. The highest BCUT2D eigenvalue weighted by Crippen LogP contribution is 2.26. The van der Waals surface area contributed by atoms with Crippen LogP contribution in [-0.2, 0) is 0 Å². The summed E-state index contributed by atoms with van der Waals surface area (Å²) >= 11 is 3.34. The maximum absolute atomic E-state index is 12.8. The first-order valence-electron chi connectivity index (χ1n) is 4.42. The quantitative estimate of drug-likeness (QED) is 0.816. The second-order valence-electron chi connectivity index (χ2n) is 3.03. The van der Waals surface area contributed by atoms with E-state index in [0.29, 0.717) is 0 Å². The fourth-order valence-corrected chi connectivity index (χ4v) is 1.98. The van der Waals surface area contributed by atoms with Gasteiger partial charge in [-0.1, -0.05) is 28.1 Å². The molecule has 0 spiro atoms. The minimum atomic E-state index is -0.228. The molecule has 1 nitrogen and oxygen atoms in total. The van der Waals surface area contributed by atoms with Crippen LogP contribution in [0.5, 0.6) is 0 Å². The van der Waals surface area contributed by atoms with E-state index in [1.807, 2.05) is 13.1 Å². The molecule has 0 aliphatic rings. The van der Waals surface area contributed by atoms with Crippen LogP contribution in [0.1, 0.15) is 18.0 Å². The van der Waals surface area contributed by atoms with Gasteiger partial charge < -0.3 is 5.32 Å². The van der Waals surface area contributed by atoms with Crippen LogP contribution in [0.4, 0.5) is 4.39 Å². The molecular formula is C11H13BrFN. The van der Waals surface area contributed by atoms with Crippen molar-refractivity contribution in [1.82, 2.24) is 5.32 Å². The lowest BCUT2D eigenvalue weighted by Gasteiger charge is -2.16. The van der Waals surface area contributed by atoms with Gasteiger partial charge in [-0.3, -0.25) is 0 Å². The standard InChI is InChI=1S/C11H13BrFN/c1-3-4-11(14-2)9-6-5-8(13)7-10(9)12/h3,5-7,11,14H,1,4H2,2H3. The van der Waals surface area contributed by atoms with Crippen LogP contribution in [0.25, 0.3) is 0 Å². The van der Waals surface area contributed by atoms with E-state index in [4.69, 9.17) is 0 Å². The summed E-state index contributed by atoms with van der Waals surface area (Å²) in [6, 6.07) is 4.91. The van der Waals surface area contributed by atoms with E-state index in [9.17, 15) is 4.39 Å². The van der Waals surface area contributed by atoms with Gasteiger partial charge in [0.05, 0.1) is 0 Å². The van der Waals surface area contributed by atoms with E-state index in [-0.39, 0.29) is 11.9 Å². The second kappa shape index (κ2) is 5.27. The molecule has 0 aliphatic carbocycles. The zero-order chi connectivity index (χ0) is 10.6. The van der Waals surface area contributed by atoms with E-state index in [1.54, 1.807) is 6.07 Å². The zero-order valence-corrected chi connectivity index (χ0v) is 9.64. The van der Waals surface area contributed by atoms with Gasteiger partial charge in [0.25, 0.3) is 0 Å². The topological polar surface area (TPSA) is 12.0 Å². The SMILES string of the molecule is C=CCC(NC)c1ccc(F)cc1Br. The highest BCUT2D eigenvalue weighted by molar-refractivity contribution is 9.10. The Kier molecular flexibility index (Phi) is 4.29. The van der Waals surface area contributed by atoms with Gasteiger partial charge in [0, 0.05) is 10.5 Å². The maximum Gasteiger partial charge on any atom is 0.124 e. The van der Waals surface area contributed by atoms with Crippen LogP contribution in [0.3, 0.4) is 0 Å². The lowest BCUT2D eigenvalue weighted by molar-refractivity contribution is 0.592. The predicted molar refractivity (Wildman–Crippen MR) is 60.7 cm³/mol. The molecule has 0 saturated carbocycles. The Bertz CT molecular complexity index is 325. The van der Waals surface area contributed by atoms with Crippen LogP contribution in [0.2, 0.25) is 0 Å². The molecule has 1 atom stereocenters. The molecule has 14 heavy (non-hydrogen) atoms. The third-order valence-electron chi connectivity index (χ3n) is 2.09. The lowest BCUT2D eigenvalue weighted by atomic mass is 10.0. The van der Waals surface area contributed by atoms with Crippen molar-refractivity contribution in [2.45, 2.75) is 12.5 Å². The van der Waals surface area contributed by atoms with E-state index < -0.39 is 0 Å². The molecule has 3 heteroatoms. The Balaban J connectivity index is 2.97. The van der Waals surface area contributed by atoms with Gasteiger partial charge in [0.15, 0.2) is 0 Å². The van der Waals surface area contributed by atoms with Crippen LogP contribution in [-0.4, -0.2) is 7.05 Å². The summed E-state index contributed by atoms with van der Waals surface area (Å²) in [5.41, 5.74) is 1.05. The third kappa shape index (κ3) is 2.66. The molecule has 1 aromatic rings. The largest absolute Gasteiger partial charge is 0.313 e. The van der Waals surface area contributed by atoms with Crippen LogP contribution < -0.4 is 5.32 Å².